The Morgan fingerprint density at radius 2 is 2.29 bits per heavy atom. The quantitative estimate of drug-likeness (QED) is 0.824. The van der Waals surface area contributed by atoms with Gasteiger partial charge < -0.3 is 4.90 Å². The molecule has 14 heavy (non-hydrogen) atoms. The minimum Gasteiger partial charge on any atom is -0.372 e. The molecular weight excluding hydrogens is 246 g/mol. The van der Waals surface area contributed by atoms with Crippen LogP contribution in [-0.4, -0.2) is 23.4 Å². The summed E-state index contributed by atoms with van der Waals surface area (Å²) >= 11 is 3.29. The number of anilines is 1. The van der Waals surface area contributed by atoms with Gasteiger partial charge in [0.05, 0.1) is 11.9 Å². The van der Waals surface area contributed by atoms with Crippen LogP contribution in [0.15, 0.2) is 15.5 Å². The fraction of sp³-hybridized carbons (Fsp3) is 0.556. The molecule has 0 spiro atoms. The van der Waals surface area contributed by atoms with E-state index in [2.05, 4.69) is 28.0 Å². The lowest BCUT2D eigenvalue weighted by Gasteiger charge is -2.18. The van der Waals surface area contributed by atoms with Crippen molar-refractivity contribution >= 4 is 21.6 Å². The first-order valence-electron chi connectivity index (χ1n) is 4.50. The summed E-state index contributed by atoms with van der Waals surface area (Å²) in [5.74, 6) is 0. The molecule has 1 heterocycles. The molecule has 4 nitrogen and oxygen atoms in total. The van der Waals surface area contributed by atoms with Crippen LogP contribution in [0.4, 0.5) is 5.69 Å². The van der Waals surface area contributed by atoms with Crippen molar-refractivity contribution in [3.05, 3.63) is 21.0 Å². The summed E-state index contributed by atoms with van der Waals surface area (Å²) in [6, 6.07) is 0. The van der Waals surface area contributed by atoms with E-state index in [1.165, 1.54) is 4.68 Å². The van der Waals surface area contributed by atoms with Gasteiger partial charge in [0.25, 0.3) is 5.56 Å². The molecule has 0 aromatic carbocycles. The van der Waals surface area contributed by atoms with Gasteiger partial charge >= 0.3 is 0 Å². The van der Waals surface area contributed by atoms with Crippen LogP contribution >= 0.6 is 15.9 Å². The van der Waals surface area contributed by atoms with Gasteiger partial charge in [-0.1, -0.05) is 6.92 Å². The van der Waals surface area contributed by atoms with Crippen LogP contribution in [0.25, 0.3) is 0 Å². The lowest BCUT2D eigenvalue weighted by atomic mass is 10.4. The van der Waals surface area contributed by atoms with Crippen LogP contribution in [-0.2, 0) is 7.05 Å². The first-order chi connectivity index (χ1) is 6.57. The normalized spacial score (nSPS) is 10.3. The molecule has 1 aromatic heterocycles. The van der Waals surface area contributed by atoms with Crippen LogP contribution in [0.5, 0.6) is 0 Å². The maximum absolute atomic E-state index is 11.5. The molecule has 5 heteroatoms. The Hall–Kier alpha value is -0.840. The van der Waals surface area contributed by atoms with E-state index in [1.54, 1.807) is 13.2 Å². The Bertz CT molecular complexity index is 375. The molecule has 78 valence electrons. The molecule has 0 amide bonds. The van der Waals surface area contributed by atoms with Gasteiger partial charge in [0.2, 0.25) is 0 Å². The molecule has 0 bridgehead atoms. The molecule has 0 fully saturated rings. The fourth-order valence-electron chi connectivity index (χ4n) is 1.22. The van der Waals surface area contributed by atoms with Crippen molar-refractivity contribution in [1.82, 2.24) is 9.78 Å². The number of nitrogens with zero attached hydrogens (tertiary/aromatic N) is 3. The van der Waals surface area contributed by atoms with Crippen molar-refractivity contribution < 1.29 is 0 Å². The number of hydrogen-bond donors (Lipinski definition) is 0. The zero-order valence-corrected chi connectivity index (χ0v) is 10.2. The van der Waals surface area contributed by atoms with E-state index in [9.17, 15) is 4.79 Å². The zero-order chi connectivity index (χ0) is 10.7. The topological polar surface area (TPSA) is 38.1 Å². The van der Waals surface area contributed by atoms with Gasteiger partial charge in [-0.25, -0.2) is 4.68 Å². The van der Waals surface area contributed by atoms with Crippen LogP contribution in [0.2, 0.25) is 0 Å². The monoisotopic (exact) mass is 259 g/mol. The first kappa shape index (κ1) is 11.2. The fourth-order valence-corrected chi connectivity index (χ4v) is 1.89. The predicted molar refractivity (Wildman–Crippen MR) is 60.7 cm³/mol. The van der Waals surface area contributed by atoms with E-state index in [1.807, 2.05) is 11.9 Å². The minimum absolute atomic E-state index is 0.106. The van der Waals surface area contributed by atoms with Gasteiger partial charge in [0.1, 0.15) is 4.47 Å². The molecule has 0 unspecified atom stereocenters. The number of aryl methyl sites for hydroxylation is 1. The third-order valence-electron chi connectivity index (χ3n) is 2.03. The predicted octanol–water partition coefficient (Wildman–Crippen LogP) is 1.39. The Morgan fingerprint density at radius 3 is 2.86 bits per heavy atom. The number of halogens is 1. The average molecular weight is 260 g/mol. The molecule has 0 radical (unpaired) electrons. The third kappa shape index (κ3) is 2.15. The third-order valence-corrected chi connectivity index (χ3v) is 2.78. The zero-order valence-electron chi connectivity index (χ0n) is 8.62. The van der Waals surface area contributed by atoms with Gasteiger partial charge in [-0.3, -0.25) is 4.79 Å². The number of rotatable bonds is 3. The number of aromatic nitrogens is 2. The van der Waals surface area contributed by atoms with Crippen molar-refractivity contribution in [3.8, 4) is 0 Å². The Balaban J connectivity index is 3.11. The molecule has 0 aliphatic heterocycles. The second-order valence-electron chi connectivity index (χ2n) is 3.19. The van der Waals surface area contributed by atoms with Gasteiger partial charge in [-0.2, -0.15) is 5.10 Å². The standard InChI is InChI=1S/C9H14BrN3O/c1-4-5-12(2)7-6-11-13(3)9(14)8(7)10/h6H,4-5H2,1-3H3. The molecule has 1 rings (SSSR count). The van der Waals surface area contributed by atoms with E-state index in [0.717, 1.165) is 18.7 Å². The van der Waals surface area contributed by atoms with E-state index in [0.29, 0.717) is 4.47 Å². The summed E-state index contributed by atoms with van der Waals surface area (Å²) in [6.07, 6.45) is 2.74. The summed E-state index contributed by atoms with van der Waals surface area (Å²) in [7, 11) is 3.58. The van der Waals surface area contributed by atoms with Crippen molar-refractivity contribution in [2.24, 2.45) is 7.05 Å². The molecule has 1 aromatic rings. The van der Waals surface area contributed by atoms with E-state index in [4.69, 9.17) is 0 Å². The van der Waals surface area contributed by atoms with Gasteiger partial charge in [0, 0.05) is 20.6 Å². The highest BCUT2D eigenvalue weighted by atomic mass is 79.9. The van der Waals surface area contributed by atoms with Gasteiger partial charge in [0.15, 0.2) is 0 Å². The summed E-state index contributed by atoms with van der Waals surface area (Å²) in [5, 5.41) is 3.98. The van der Waals surface area contributed by atoms with Gasteiger partial charge in [-0.05, 0) is 22.4 Å². The Labute approximate surface area is 91.7 Å². The SMILES string of the molecule is CCCN(C)c1cnn(C)c(=O)c1Br. The molecule has 0 aliphatic rings. The highest BCUT2D eigenvalue weighted by molar-refractivity contribution is 9.10. The average Bonchev–Trinajstić information content (AvgIpc) is 2.15. The summed E-state index contributed by atoms with van der Waals surface area (Å²) in [4.78, 5) is 13.5. The lowest BCUT2D eigenvalue weighted by molar-refractivity contribution is 0.697. The van der Waals surface area contributed by atoms with Crippen molar-refractivity contribution in [3.63, 3.8) is 0 Å². The highest BCUT2D eigenvalue weighted by Crippen LogP contribution is 2.19. The van der Waals surface area contributed by atoms with Gasteiger partial charge in [-0.15, -0.1) is 0 Å². The van der Waals surface area contributed by atoms with Crippen LogP contribution in [0.1, 0.15) is 13.3 Å². The molecule has 0 aliphatic carbocycles. The lowest BCUT2D eigenvalue weighted by Crippen LogP contribution is -2.26. The largest absolute Gasteiger partial charge is 0.372 e. The summed E-state index contributed by atoms with van der Waals surface area (Å²) < 4.78 is 1.89. The van der Waals surface area contributed by atoms with E-state index >= 15 is 0 Å². The van der Waals surface area contributed by atoms with Crippen LogP contribution in [0, 0.1) is 0 Å². The molecule has 0 saturated carbocycles. The van der Waals surface area contributed by atoms with Crippen molar-refractivity contribution in [1.29, 1.82) is 0 Å². The smallest absolute Gasteiger partial charge is 0.282 e. The molecular formula is C9H14BrN3O. The van der Waals surface area contributed by atoms with E-state index < -0.39 is 0 Å². The Kier molecular flexibility index (Phi) is 3.69. The Morgan fingerprint density at radius 1 is 1.64 bits per heavy atom. The van der Waals surface area contributed by atoms with E-state index in [-0.39, 0.29) is 5.56 Å². The number of hydrogen-bond acceptors (Lipinski definition) is 3. The second kappa shape index (κ2) is 4.59. The van der Waals surface area contributed by atoms with Crippen LogP contribution in [0.3, 0.4) is 0 Å². The highest BCUT2D eigenvalue weighted by Gasteiger charge is 2.09. The second-order valence-corrected chi connectivity index (χ2v) is 3.99. The minimum atomic E-state index is -0.106. The summed E-state index contributed by atoms with van der Waals surface area (Å²) in [6.45, 7) is 3.01. The first-order valence-corrected chi connectivity index (χ1v) is 5.30. The maximum atomic E-state index is 11.5. The summed E-state index contributed by atoms with van der Waals surface area (Å²) in [5.41, 5.74) is 0.736. The molecule has 0 saturated heterocycles. The maximum Gasteiger partial charge on any atom is 0.282 e. The van der Waals surface area contributed by atoms with Crippen molar-refractivity contribution in [2.45, 2.75) is 13.3 Å². The van der Waals surface area contributed by atoms with Crippen LogP contribution < -0.4 is 10.5 Å². The van der Waals surface area contributed by atoms with Crippen molar-refractivity contribution in [2.75, 3.05) is 18.5 Å². The molecule has 0 N–H and O–H groups in total. The molecule has 0 atom stereocenters.